The molecule has 0 aromatic heterocycles. The fourth-order valence-electron chi connectivity index (χ4n) is 2.02. The number of hydrogen-bond donors (Lipinski definition) is 2. The zero-order valence-corrected chi connectivity index (χ0v) is 12.2. The number of rotatable bonds is 6. The Morgan fingerprint density at radius 1 is 1.38 bits per heavy atom. The van der Waals surface area contributed by atoms with E-state index in [1.54, 1.807) is 13.0 Å². The minimum atomic E-state index is -4.38. The molecule has 0 aliphatic carbocycles. The molecule has 0 fully saturated rings. The van der Waals surface area contributed by atoms with E-state index >= 15 is 0 Å². The van der Waals surface area contributed by atoms with E-state index < -0.39 is 17.8 Å². The first-order valence-electron chi connectivity index (χ1n) is 6.94. The Hall–Kier alpha value is -1.56. The molecule has 2 unspecified atom stereocenters. The predicted octanol–water partition coefficient (Wildman–Crippen LogP) is 3.26. The van der Waals surface area contributed by atoms with Gasteiger partial charge in [-0.3, -0.25) is 4.79 Å². The number of nitrogens with one attached hydrogen (secondary N) is 1. The topological polar surface area (TPSA) is 55.1 Å². The van der Waals surface area contributed by atoms with Crippen LogP contribution in [-0.4, -0.2) is 12.5 Å². The van der Waals surface area contributed by atoms with Crippen molar-refractivity contribution in [3.8, 4) is 0 Å². The molecule has 3 N–H and O–H groups in total. The Bertz CT molecular complexity index is 470. The summed E-state index contributed by atoms with van der Waals surface area (Å²) in [7, 11) is 0. The van der Waals surface area contributed by atoms with E-state index in [1.165, 1.54) is 6.07 Å². The molecule has 3 nitrogen and oxygen atoms in total. The van der Waals surface area contributed by atoms with E-state index in [0.29, 0.717) is 12.1 Å². The molecule has 21 heavy (non-hydrogen) atoms. The molecule has 1 aromatic rings. The van der Waals surface area contributed by atoms with Crippen molar-refractivity contribution in [1.82, 2.24) is 5.32 Å². The van der Waals surface area contributed by atoms with Crippen LogP contribution in [0.4, 0.5) is 13.2 Å². The number of nitrogens with two attached hydrogens (primary N) is 1. The van der Waals surface area contributed by atoms with Crippen LogP contribution in [0.1, 0.15) is 43.9 Å². The van der Waals surface area contributed by atoms with Crippen LogP contribution in [0.2, 0.25) is 0 Å². The molecule has 0 heterocycles. The van der Waals surface area contributed by atoms with Crippen LogP contribution < -0.4 is 11.1 Å². The number of amides is 1. The minimum Gasteiger partial charge on any atom is -0.350 e. The van der Waals surface area contributed by atoms with Gasteiger partial charge in [0.05, 0.1) is 11.6 Å². The Kier molecular flexibility index (Phi) is 6.20. The van der Waals surface area contributed by atoms with Crippen molar-refractivity contribution >= 4 is 5.91 Å². The summed E-state index contributed by atoms with van der Waals surface area (Å²) in [6, 6.07) is 4.51. The molecule has 0 bridgehead atoms. The highest BCUT2D eigenvalue weighted by Crippen LogP contribution is 2.30. The van der Waals surface area contributed by atoms with Gasteiger partial charge in [-0.05, 0) is 37.1 Å². The number of hydrogen-bond acceptors (Lipinski definition) is 2. The summed E-state index contributed by atoms with van der Waals surface area (Å²) in [6.45, 7) is 4.03. The van der Waals surface area contributed by atoms with Crippen molar-refractivity contribution in [2.75, 3.05) is 6.54 Å². The maximum Gasteiger partial charge on any atom is 0.416 e. The van der Waals surface area contributed by atoms with Gasteiger partial charge < -0.3 is 11.1 Å². The second-order valence-electron chi connectivity index (χ2n) is 5.13. The van der Waals surface area contributed by atoms with E-state index in [0.717, 1.165) is 18.6 Å². The van der Waals surface area contributed by atoms with Crippen LogP contribution in [-0.2, 0) is 11.0 Å². The summed E-state index contributed by atoms with van der Waals surface area (Å²) in [5.74, 6) is -0.101. The molecule has 0 saturated carbocycles. The minimum absolute atomic E-state index is 0.0960. The number of halogens is 3. The first kappa shape index (κ1) is 17.5. The van der Waals surface area contributed by atoms with E-state index in [4.69, 9.17) is 5.73 Å². The summed E-state index contributed by atoms with van der Waals surface area (Å²) < 4.78 is 38.0. The van der Waals surface area contributed by atoms with Crippen LogP contribution in [0.3, 0.4) is 0 Å². The van der Waals surface area contributed by atoms with E-state index in [-0.39, 0.29) is 18.2 Å². The number of alkyl halides is 3. The molecule has 0 aliphatic heterocycles. The van der Waals surface area contributed by atoms with Crippen LogP contribution in [0, 0.1) is 5.92 Å². The predicted molar refractivity (Wildman–Crippen MR) is 75.5 cm³/mol. The molecular weight excluding hydrogens is 281 g/mol. The van der Waals surface area contributed by atoms with Gasteiger partial charge in [0.2, 0.25) is 5.91 Å². The Balaban J connectivity index is 2.71. The SMILES string of the molecule is CCC(CN)CC(=O)NC(C)c1cccc(C(F)(F)F)c1. The van der Waals surface area contributed by atoms with Crippen molar-refractivity contribution in [3.05, 3.63) is 35.4 Å². The maximum absolute atomic E-state index is 12.7. The van der Waals surface area contributed by atoms with Gasteiger partial charge in [0.25, 0.3) is 0 Å². The Morgan fingerprint density at radius 2 is 2.05 bits per heavy atom. The zero-order valence-electron chi connectivity index (χ0n) is 12.2. The number of carbonyl (C=O) groups excluding carboxylic acids is 1. The first-order chi connectivity index (χ1) is 9.77. The third kappa shape index (κ3) is 5.38. The van der Waals surface area contributed by atoms with Gasteiger partial charge in [0, 0.05) is 6.42 Å². The van der Waals surface area contributed by atoms with Crippen LogP contribution in [0.25, 0.3) is 0 Å². The normalized spacial score (nSPS) is 14.6. The average Bonchev–Trinajstić information content (AvgIpc) is 2.43. The fraction of sp³-hybridized carbons (Fsp3) is 0.533. The van der Waals surface area contributed by atoms with Crippen molar-refractivity contribution in [1.29, 1.82) is 0 Å². The second-order valence-corrected chi connectivity index (χ2v) is 5.13. The van der Waals surface area contributed by atoms with E-state index in [1.807, 2.05) is 6.92 Å². The lowest BCUT2D eigenvalue weighted by Gasteiger charge is -2.18. The van der Waals surface area contributed by atoms with Crippen molar-refractivity contribution < 1.29 is 18.0 Å². The molecule has 2 atom stereocenters. The molecule has 0 radical (unpaired) electrons. The smallest absolute Gasteiger partial charge is 0.350 e. The van der Waals surface area contributed by atoms with Crippen molar-refractivity contribution in [3.63, 3.8) is 0 Å². The van der Waals surface area contributed by atoms with E-state index in [2.05, 4.69) is 5.32 Å². The van der Waals surface area contributed by atoms with Gasteiger partial charge in [0.15, 0.2) is 0 Å². The Labute approximate surface area is 122 Å². The van der Waals surface area contributed by atoms with Crippen LogP contribution in [0.5, 0.6) is 0 Å². The highest BCUT2D eigenvalue weighted by Gasteiger charge is 2.30. The number of carbonyl (C=O) groups is 1. The zero-order chi connectivity index (χ0) is 16.0. The second kappa shape index (κ2) is 7.45. The molecule has 1 amide bonds. The van der Waals surface area contributed by atoms with Gasteiger partial charge in [-0.1, -0.05) is 25.5 Å². The lowest BCUT2D eigenvalue weighted by molar-refractivity contribution is -0.137. The lowest BCUT2D eigenvalue weighted by atomic mass is 10.0. The molecular formula is C15H21F3N2O. The maximum atomic E-state index is 12.7. The molecule has 0 aliphatic rings. The summed E-state index contributed by atoms with van der Waals surface area (Å²) in [5, 5.41) is 2.71. The van der Waals surface area contributed by atoms with Gasteiger partial charge in [0.1, 0.15) is 0 Å². The van der Waals surface area contributed by atoms with Gasteiger partial charge in [-0.15, -0.1) is 0 Å². The van der Waals surface area contributed by atoms with Crippen LogP contribution >= 0.6 is 0 Å². The van der Waals surface area contributed by atoms with Crippen LogP contribution in [0.15, 0.2) is 24.3 Å². The summed E-state index contributed by atoms with van der Waals surface area (Å²) in [4.78, 5) is 11.8. The summed E-state index contributed by atoms with van der Waals surface area (Å²) in [6.07, 6.45) is -3.30. The molecule has 118 valence electrons. The highest BCUT2D eigenvalue weighted by molar-refractivity contribution is 5.76. The molecule has 1 rings (SSSR count). The quantitative estimate of drug-likeness (QED) is 0.847. The average molecular weight is 302 g/mol. The monoisotopic (exact) mass is 302 g/mol. The Morgan fingerprint density at radius 3 is 2.57 bits per heavy atom. The van der Waals surface area contributed by atoms with E-state index in [9.17, 15) is 18.0 Å². The third-order valence-corrected chi connectivity index (χ3v) is 3.48. The standard InChI is InChI=1S/C15H21F3N2O/c1-3-11(9-19)7-14(21)20-10(2)12-5-4-6-13(8-12)15(16,17)18/h4-6,8,10-11H,3,7,9,19H2,1-2H3,(H,20,21). The lowest BCUT2D eigenvalue weighted by Crippen LogP contribution is -2.30. The fourth-order valence-corrected chi connectivity index (χ4v) is 2.02. The summed E-state index contributed by atoms with van der Waals surface area (Å²) in [5.41, 5.74) is 5.25. The first-order valence-corrected chi connectivity index (χ1v) is 6.94. The molecule has 6 heteroatoms. The largest absolute Gasteiger partial charge is 0.416 e. The van der Waals surface area contributed by atoms with Crippen molar-refractivity contribution in [2.24, 2.45) is 11.7 Å². The molecule has 0 spiro atoms. The van der Waals surface area contributed by atoms with Crippen molar-refractivity contribution in [2.45, 2.75) is 38.9 Å². The number of benzene rings is 1. The van der Waals surface area contributed by atoms with Gasteiger partial charge in [-0.25, -0.2) is 0 Å². The third-order valence-electron chi connectivity index (χ3n) is 3.48. The summed E-state index contributed by atoms with van der Waals surface area (Å²) >= 11 is 0. The van der Waals surface area contributed by atoms with Gasteiger partial charge >= 0.3 is 6.18 Å². The molecule has 0 saturated heterocycles. The molecule has 1 aromatic carbocycles. The highest BCUT2D eigenvalue weighted by atomic mass is 19.4. The van der Waals surface area contributed by atoms with Gasteiger partial charge in [-0.2, -0.15) is 13.2 Å².